The van der Waals surface area contributed by atoms with E-state index >= 15 is 0 Å². The first-order valence-electron chi connectivity index (χ1n) is 10.1. The summed E-state index contributed by atoms with van der Waals surface area (Å²) in [5.74, 6) is -2.97. The lowest BCUT2D eigenvalue weighted by Gasteiger charge is -2.37. The Morgan fingerprint density at radius 1 is 0.900 bits per heavy atom. The third-order valence-electron chi connectivity index (χ3n) is 5.46. The van der Waals surface area contributed by atoms with Gasteiger partial charge in [-0.05, 0) is 63.0 Å². The maximum atomic E-state index is 12.8. The number of carboxylic acids is 2. The van der Waals surface area contributed by atoms with Gasteiger partial charge in [0, 0.05) is 19.1 Å². The molecule has 0 aliphatic carbocycles. The molecule has 168 valence electrons. The highest BCUT2D eigenvalue weighted by atomic mass is 32.2. The van der Waals surface area contributed by atoms with Gasteiger partial charge in [-0.2, -0.15) is 4.31 Å². The smallest absolute Gasteiger partial charge is 0.414 e. The van der Waals surface area contributed by atoms with Crippen molar-refractivity contribution in [1.82, 2.24) is 9.21 Å². The minimum absolute atomic E-state index is 0.358. The Bertz CT molecular complexity index is 783. The maximum Gasteiger partial charge on any atom is 0.414 e. The minimum Gasteiger partial charge on any atom is -0.497 e. The molecule has 30 heavy (non-hydrogen) atoms. The second kappa shape index (κ2) is 11.3. The first kappa shape index (κ1) is 24.1. The van der Waals surface area contributed by atoms with Gasteiger partial charge in [0.05, 0.1) is 12.0 Å². The average molecular weight is 443 g/mol. The molecule has 0 radical (unpaired) electrons. The summed E-state index contributed by atoms with van der Waals surface area (Å²) in [4.78, 5) is 21.1. The van der Waals surface area contributed by atoms with Crippen LogP contribution in [0.4, 0.5) is 0 Å². The normalized spacial score (nSPS) is 19.2. The summed E-state index contributed by atoms with van der Waals surface area (Å²) in [5.41, 5.74) is 0. The van der Waals surface area contributed by atoms with Crippen LogP contribution in [0.3, 0.4) is 0 Å². The summed E-state index contributed by atoms with van der Waals surface area (Å²) in [6.07, 6.45) is 7.11. The van der Waals surface area contributed by atoms with Gasteiger partial charge in [0.15, 0.2) is 0 Å². The fourth-order valence-electron chi connectivity index (χ4n) is 3.80. The van der Waals surface area contributed by atoms with E-state index in [1.54, 1.807) is 35.7 Å². The zero-order valence-corrected chi connectivity index (χ0v) is 18.0. The molecule has 0 saturated carbocycles. The molecule has 3 rings (SSSR count). The first-order chi connectivity index (χ1) is 14.3. The molecule has 1 aromatic carbocycles. The van der Waals surface area contributed by atoms with E-state index in [1.807, 2.05) is 0 Å². The summed E-state index contributed by atoms with van der Waals surface area (Å²) >= 11 is 0. The molecule has 0 atom stereocenters. The van der Waals surface area contributed by atoms with E-state index in [9.17, 15) is 8.42 Å². The van der Waals surface area contributed by atoms with Crippen molar-refractivity contribution in [1.29, 1.82) is 0 Å². The van der Waals surface area contributed by atoms with E-state index in [0.717, 1.165) is 12.8 Å². The molecular formula is C20H30N2O7S. The Balaban J connectivity index is 0.000000469. The van der Waals surface area contributed by atoms with Crippen molar-refractivity contribution in [3.63, 3.8) is 0 Å². The summed E-state index contributed by atoms with van der Waals surface area (Å²) < 4.78 is 32.3. The first-order valence-corrected chi connectivity index (χ1v) is 11.5. The van der Waals surface area contributed by atoms with Crippen molar-refractivity contribution in [2.24, 2.45) is 0 Å². The molecule has 0 amide bonds. The van der Waals surface area contributed by atoms with Crippen LogP contribution in [0.2, 0.25) is 0 Å². The highest BCUT2D eigenvalue weighted by molar-refractivity contribution is 7.89. The van der Waals surface area contributed by atoms with Crippen molar-refractivity contribution in [3.8, 4) is 5.75 Å². The third kappa shape index (κ3) is 6.68. The topological polar surface area (TPSA) is 124 Å². The molecular weight excluding hydrogens is 412 g/mol. The summed E-state index contributed by atoms with van der Waals surface area (Å²) in [6, 6.07) is 7.23. The molecule has 2 heterocycles. The van der Waals surface area contributed by atoms with Crippen LogP contribution in [0.15, 0.2) is 29.2 Å². The summed E-state index contributed by atoms with van der Waals surface area (Å²) in [5, 5.41) is 14.8. The van der Waals surface area contributed by atoms with E-state index in [0.29, 0.717) is 29.8 Å². The van der Waals surface area contributed by atoms with Gasteiger partial charge in [-0.25, -0.2) is 18.0 Å². The fourth-order valence-corrected chi connectivity index (χ4v) is 5.27. The van der Waals surface area contributed by atoms with Crippen molar-refractivity contribution in [2.75, 3.05) is 33.3 Å². The number of carboxylic acid groups (broad SMARTS) is 2. The fraction of sp³-hybridized carbons (Fsp3) is 0.600. The van der Waals surface area contributed by atoms with Crippen LogP contribution in [0, 0.1) is 0 Å². The number of aliphatic carboxylic acids is 2. The Kier molecular flexibility index (Phi) is 9.07. The number of benzene rings is 1. The molecule has 9 nitrogen and oxygen atoms in total. The Hall–Kier alpha value is -2.17. The van der Waals surface area contributed by atoms with Gasteiger partial charge in [0.1, 0.15) is 5.75 Å². The van der Waals surface area contributed by atoms with E-state index in [1.165, 1.54) is 38.8 Å². The van der Waals surface area contributed by atoms with Crippen LogP contribution >= 0.6 is 0 Å². The van der Waals surface area contributed by atoms with Gasteiger partial charge in [-0.15, -0.1) is 0 Å². The number of methoxy groups -OCH3 is 1. The quantitative estimate of drug-likeness (QED) is 0.677. The molecule has 2 N–H and O–H groups in total. The number of sulfonamides is 1. The van der Waals surface area contributed by atoms with Gasteiger partial charge >= 0.3 is 11.9 Å². The Labute approximate surface area is 177 Å². The second-order valence-corrected chi connectivity index (χ2v) is 9.31. The van der Waals surface area contributed by atoms with Crippen LogP contribution in [0.1, 0.15) is 38.5 Å². The third-order valence-corrected chi connectivity index (χ3v) is 7.37. The second-order valence-electron chi connectivity index (χ2n) is 7.37. The highest BCUT2D eigenvalue weighted by Crippen LogP contribution is 2.25. The standard InChI is InChI=1S/C18H28N2O3S.C2H2O4/c1-23-17-6-8-18(9-7-17)24(21,22)20-14-10-16(11-15-20)19-12-4-2-3-5-13-19;3-1(4)2(5)6/h6-9,16H,2-5,10-15H2,1H3;(H,3,4)(H,5,6). The van der Waals surface area contributed by atoms with Gasteiger partial charge in [-0.3, -0.25) is 0 Å². The van der Waals surface area contributed by atoms with Crippen molar-refractivity contribution in [2.45, 2.75) is 49.5 Å². The van der Waals surface area contributed by atoms with E-state index in [-0.39, 0.29) is 0 Å². The molecule has 1 aromatic rings. The number of likely N-dealkylation sites (tertiary alicyclic amines) is 1. The van der Waals surface area contributed by atoms with Gasteiger partial charge < -0.3 is 19.8 Å². The van der Waals surface area contributed by atoms with E-state index in [2.05, 4.69) is 4.90 Å². The molecule has 2 fully saturated rings. The number of piperidine rings is 1. The lowest BCUT2D eigenvalue weighted by Crippen LogP contribution is -2.46. The number of nitrogens with zero attached hydrogens (tertiary/aromatic N) is 2. The predicted octanol–water partition coefficient (Wildman–Crippen LogP) is 1.88. The lowest BCUT2D eigenvalue weighted by atomic mass is 10.0. The zero-order chi connectivity index (χ0) is 22.1. The highest BCUT2D eigenvalue weighted by Gasteiger charge is 2.31. The summed E-state index contributed by atoms with van der Waals surface area (Å²) in [6.45, 7) is 3.59. The van der Waals surface area contributed by atoms with Gasteiger partial charge in [0.25, 0.3) is 0 Å². The molecule has 0 aromatic heterocycles. The number of ether oxygens (including phenoxy) is 1. The SMILES string of the molecule is COc1ccc(S(=O)(=O)N2CCC(N3CCCCCC3)CC2)cc1.O=C(O)C(=O)O. The number of hydrogen-bond acceptors (Lipinski definition) is 6. The largest absolute Gasteiger partial charge is 0.497 e. The van der Waals surface area contributed by atoms with Crippen molar-refractivity contribution < 1.29 is 33.0 Å². The van der Waals surface area contributed by atoms with E-state index < -0.39 is 22.0 Å². The molecule has 0 bridgehead atoms. The predicted molar refractivity (Wildman–Crippen MR) is 110 cm³/mol. The maximum absolute atomic E-state index is 12.8. The minimum atomic E-state index is -3.39. The Morgan fingerprint density at radius 3 is 1.83 bits per heavy atom. The molecule has 2 aliphatic heterocycles. The van der Waals surface area contributed by atoms with Gasteiger partial charge in [-0.1, -0.05) is 12.8 Å². The van der Waals surface area contributed by atoms with Crippen LogP contribution in [0.5, 0.6) is 5.75 Å². The lowest BCUT2D eigenvalue weighted by molar-refractivity contribution is -0.159. The number of rotatable bonds is 4. The zero-order valence-electron chi connectivity index (χ0n) is 17.2. The number of carbonyl (C=O) groups is 2. The molecule has 0 unspecified atom stereocenters. The van der Waals surface area contributed by atoms with Crippen LogP contribution in [-0.4, -0.2) is 79.1 Å². The number of hydrogen-bond donors (Lipinski definition) is 2. The van der Waals surface area contributed by atoms with Crippen molar-refractivity contribution >= 4 is 22.0 Å². The van der Waals surface area contributed by atoms with Crippen LogP contribution in [-0.2, 0) is 19.6 Å². The van der Waals surface area contributed by atoms with E-state index in [4.69, 9.17) is 24.5 Å². The monoisotopic (exact) mass is 442 g/mol. The van der Waals surface area contributed by atoms with Crippen molar-refractivity contribution in [3.05, 3.63) is 24.3 Å². The van der Waals surface area contributed by atoms with Crippen LogP contribution < -0.4 is 4.74 Å². The average Bonchev–Trinajstić information content (AvgIpc) is 3.04. The summed E-state index contributed by atoms with van der Waals surface area (Å²) in [7, 11) is -1.81. The Morgan fingerprint density at radius 2 is 1.40 bits per heavy atom. The molecule has 2 saturated heterocycles. The van der Waals surface area contributed by atoms with Gasteiger partial charge in [0.2, 0.25) is 10.0 Å². The molecule has 2 aliphatic rings. The van der Waals surface area contributed by atoms with Crippen LogP contribution in [0.25, 0.3) is 0 Å². The molecule has 0 spiro atoms. The molecule has 10 heteroatoms.